The molecule has 0 amide bonds. The SMILES string of the molecule is COP(=O)(NCCCCOc1ccc(Cc2cc([C@@H]3O[C@H](CO)[C@@H](O)[C@H](O)[C@H]3O)ccc2Cl)cc1)OC. The van der Waals surface area contributed by atoms with Gasteiger partial charge in [-0.1, -0.05) is 35.9 Å². The van der Waals surface area contributed by atoms with E-state index >= 15 is 0 Å². The lowest BCUT2D eigenvalue weighted by molar-refractivity contribution is -0.231. The number of ether oxygens (including phenoxy) is 2. The number of benzene rings is 2. The molecule has 0 aliphatic carbocycles. The summed E-state index contributed by atoms with van der Waals surface area (Å²) >= 11 is 6.42. The fourth-order valence-corrected chi connectivity index (χ4v) is 5.07. The maximum atomic E-state index is 11.9. The molecule has 3 rings (SSSR count). The van der Waals surface area contributed by atoms with E-state index in [1.165, 1.54) is 14.2 Å². The first-order valence-electron chi connectivity index (χ1n) is 12.0. The third kappa shape index (κ3) is 7.97. The van der Waals surface area contributed by atoms with Gasteiger partial charge in [-0.25, -0.2) is 9.65 Å². The van der Waals surface area contributed by atoms with Crippen molar-refractivity contribution in [2.45, 2.75) is 49.8 Å². The molecular formula is C25H35ClNO9P. The second-order valence-corrected chi connectivity index (χ2v) is 11.2. The van der Waals surface area contributed by atoms with Crippen LogP contribution >= 0.6 is 19.3 Å². The third-order valence-electron chi connectivity index (χ3n) is 6.23. The molecular weight excluding hydrogens is 525 g/mol. The molecule has 0 bridgehead atoms. The number of unbranched alkanes of at least 4 members (excludes halogenated alkanes) is 1. The topological polar surface area (TPSA) is 147 Å². The highest BCUT2D eigenvalue weighted by Gasteiger charge is 2.44. The summed E-state index contributed by atoms with van der Waals surface area (Å²) in [5, 5.41) is 43.3. The molecule has 1 saturated heterocycles. The summed E-state index contributed by atoms with van der Waals surface area (Å²) < 4.78 is 33.0. The molecule has 0 radical (unpaired) electrons. The van der Waals surface area contributed by atoms with Gasteiger partial charge in [0.1, 0.15) is 36.3 Å². The van der Waals surface area contributed by atoms with E-state index in [2.05, 4.69) is 5.09 Å². The van der Waals surface area contributed by atoms with Crippen molar-refractivity contribution in [2.24, 2.45) is 0 Å². The van der Waals surface area contributed by atoms with Gasteiger partial charge in [-0.3, -0.25) is 0 Å². The van der Waals surface area contributed by atoms with Crippen molar-refractivity contribution in [1.29, 1.82) is 0 Å². The zero-order valence-electron chi connectivity index (χ0n) is 20.8. The van der Waals surface area contributed by atoms with E-state index in [9.17, 15) is 25.0 Å². The number of aliphatic hydroxyl groups is 4. The summed E-state index contributed by atoms with van der Waals surface area (Å²) in [4.78, 5) is 0. The lowest BCUT2D eigenvalue weighted by atomic mass is 9.90. The monoisotopic (exact) mass is 559 g/mol. The van der Waals surface area contributed by atoms with Crippen molar-refractivity contribution in [1.82, 2.24) is 5.09 Å². The van der Waals surface area contributed by atoms with Crippen molar-refractivity contribution < 1.29 is 43.5 Å². The van der Waals surface area contributed by atoms with Gasteiger partial charge in [0.2, 0.25) is 0 Å². The summed E-state index contributed by atoms with van der Waals surface area (Å²) in [6.07, 6.45) is -4.13. The van der Waals surface area contributed by atoms with Crippen molar-refractivity contribution in [2.75, 3.05) is 34.0 Å². The largest absolute Gasteiger partial charge is 0.494 e. The van der Waals surface area contributed by atoms with E-state index < -0.39 is 44.9 Å². The predicted molar refractivity (Wildman–Crippen MR) is 138 cm³/mol. The summed E-state index contributed by atoms with van der Waals surface area (Å²) in [5.74, 6) is 0.720. The summed E-state index contributed by atoms with van der Waals surface area (Å²) in [7, 11) is -0.545. The molecule has 0 unspecified atom stereocenters. The van der Waals surface area contributed by atoms with Crippen LogP contribution in [0.3, 0.4) is 0 Å². The number of aliphatic hydroxyl groups excluding tert-OH is 4. The third-order valence-corrected chi connectivity index (χ3v) is 8.18. The fraction of sp³-hybridized carbons (Fsp3) is 0.520. The second kappa shape index (κ2) is 14.0. The van der Waals surface area contributed by atoms with Crippen LogP contribution in [-0.4, -0.2) is 78.8 Å². The number of halogens is 1. The number of hydrogen-bond acceptors (Lipinski definition) is 9. The molecule has 5 atom stereocenters. The van der Waals surface area contributed by atoms with Crippen LogP contribution in [0.5, 0.6) is 5.75 Å². The van der Waals surface area contributed by atoms with Crippen LogP contribution in [0.2, 0.25) is 5.02 Å². The Morgan fingerprint density at radius 2 is 1.70 bits per heavy atom. The number of hydrogen-bond donors (Lipinski definition) is 5. The Morgan fingerprint density at radius 3 is 2.35 bits per heavy atom. The second-order valence-electron chi connectivity index (χ2n) is 8.75. The Kier molecular flexibility index (Phi) is 11.4. The predicted octanol–water partition coefficient (Wildman–Crippen LogP) is 2.60. The van der Waals surface area contributed by atoms with Crippen molar-refractivity contribution in [3.63, 3.8) is 0 Å². The average molecular weight is 560 g/mol. The van der Waals surface area contributed by atoms with E-state index in [-0.39, 0.29) is 0 Å². The number of rotatable bonds is 13. The smallest absolute Gasteiger partial charge is 0.404 e. The molecule has 12 heteroatoms. The van der Waals surface area contributed by atoms with E-state index in [4.69, 9.17) is 30.1 Å². The maximum absolute atomic E-state index is 11.9. The van der Waals surface area contributed by atoms with Gasteiger partial charge in [-0.2, -0.15) is 0 Å². The Hall–Kier alpha value is -1.56. The highest BCUT2D eigenvalue weighted by atomic mass is 35.5. The van der Waals surface area contributed by atoms with Crippen LogP contribution in [0.25, 0.3) is 0 Å². The number of nitrogens with one attached hydrogen (secondary N) is 1. The van der Waals surface area contributed by atoms with Gasteiger partial charge in [-0.15, -0.1) is 0 Å². The highest BCUT2D eigenvalue weighted by Crippen LogP contribution is 2.41. The Bertz CT molecular complexity index is 1030. The molecule has 0 aromatic heterocycles. The maximum Gasteiger partial charge on any atom is 0.404 e. The fourth-order valence-electron chi connectivity index (χ4n) is 4.04. The Labute approximate surface area is 221 Å². The van der Waals surface area contributed by atoms with Gasteiger partial charge in [0.05, 0.1) is 13.2 Å². The van der Waals surface area contributed by atoms with Gasteiger partial charge < -0.3 is 38.9 Å². The van der Waals surface area contributed by atoms with E-state index in [0.29, 0.717) is 30.2 Å². The lowest BCUT2D eigenvalue weighted by Crippen LogP contribution is -2.55. The Morgan fingerprint density at radius 1 is 1.00 bits per heavy atom. The van der Waals surface area contributed by atoms with Crippen molar-refractivity contribution in [3.05, 3.63) is 64.2 Å². The van der Waals surface area contributed by atoms with Gasteiger partial charge in [0.15, 0.2) is 0 Å². The summed E-state index contributed by atoms with van der Waals surface area (Å²) in [5.41, 5.74) is 2.36. The minimum absolute atomic E-state index is 0.476. The van der Waals surface area contributed by atoms with Crippen LogP contribution in [0.4, 0.5) is 0 Å². The first-order chi connectivity index (χ1) is 17.7. The molecule has 0 spiro atoms. The molecule has 206 valence electrons. The quantitative estimate of drug-likeness (QED) is 0.183. The van der Waals surface area contributed by atoms with Crippen LogP contribution in [0.1, 0.15) is 35.6 Å². The Balaban J connectivity index is 1.54. The molecule has 1 aliphatic rings. The van der Waals surface area contributed by atoms with Crippen LogP contribution in [0.15, 0.2) is 42.5 Å². The van der Waals surface area contributed by atoms with Crippen molar-refractivity contribution >= 4 is 19.3 Å². The normalized spacial score (nSPS) is 24.2. The molecule has 1 fully saturated rings. The van der Waals surface area contributed by atoms with E-state index in [1.54, 1.807) is 18.2 Å². The molecule has 5 N–H and O–H groups in total. The summed E-state index contributed by atoms with van der Waals surface area (Å²) in [6.45, 7) is 0.485. The lowest BCUT2D eigenvalue weighted by Gasteiger charge is -2.40. The first-order valence-corrected chi connectivity index (χ1v) is 13.9. The van der Waals surface area contributed by atoms with Gasteiger partial charge in [0.25, 0.3) is 0 Å². The standard InChI is InChI=1S/C25H35ClNO9P/c1-33-37(32,34-2)27-11-3-4-12-35-19-8-5-16(6-9-19)13-18-14-17(7-10-20(18)26)25-24(31)23(30)22(29)21(15-28)36-25/h5-10,14,21-25,28-31H,3-4,11-13,15H2,1-2H3,(H,27,32)/t21-,22-,23+,24-,25+/m1/s1. The molecule has 2 aromatic carbocycles. The van der Waals surface area contributed by atoms with E-state index in [1.807, 2.05) is 24.3 Å². The van der Waals surface area contributed by atoms with E-state index in [0.717, 1.165) is 29.7 Å². The summed E-state index contributed by atoms with van der Waals surface area (Å²) in [6, 6.07) is 12.8. The minimum Gasteiger partial charge on any atom is -0.494 e. The van der Waals surface area contributed by atoms with Crippen LogP contribution in [0, 0.1) is 0 Å². The first kappa shape index (κ1) is 30.0. The molecule has 1 heterocycles. The van der Waals surface area contributed by atoms with Gasteiger partial charge in [0, 0.05) is 25.8 Å². The highest BCUT2D eigenvalue weighted by molar-refractivity contribution is 7.51. The molecule has 2 aromatic rings. The zero-order chi connectivity index (χ0) is 27.0. The minimum atomic E-state index is -3.20. The molecule has 1 aliphatic heterocycles. The van der Waals surface area contributed by atoms with Gasteiger partial charge >= 0.3 is 7.75 Å². The zero-order valence-corrected chi connectivity index (χ0v) is 22.5. The molecule has 0 saturated carbocycles. The molecule has 37 heavy (non-hydrogen) atoms. The average Bonchev–Trinajstić information content (AvgIpc) is 2.91. The molecule has 10 nitrogen and oxygen atoms in total. The van der Waals surface area contributed by atoms with Crippen LogP contribution < -0.4 is 9.82 Å². The van der Waals surface area contributed by atoms with Crippen molar-refractivity contribution in [3.8, 4) is 5.75 Å². The van der Waals surface area contributed by atoms with Gasteiger partial charge in [-0.05, 0) is 54.2 Å². The van der Waals surface area contributed by atoms with Crippen LogP contribution in [-0.2, 0) is 24.8 Å².